The van der Waals surface area contributed by atoms with Crippen LogP contribution in [0.5, 0.6) is 5.75 Å². The Bertz CT molecular complexity index is 947. The lowest BCUT2D eigenvalue weighted by atomic mass is 10.2. The molecule has 0 saturated carbocycles. The van der Waals surface area contributed by atoms with Crippen LogP contribution in [0.2, 0.25) is 0 Å². The van der Waals surface area contributed by atoms with E-state index in [9.17, 15) is 8.42 Å². The highest BCUT2D eigenvalue weighted by molar-refractivity contribution is 9.10. The molecule has 0 unspecified atom stereocenters. The molecule has 0 aliphatic heterocycles. The summed E-state index contributed by atoms with van der Waals surface area (Å²) < 4.78 is 32.8. The molecule has 22 heavy (non-hydrogen) atoms. The molecule has 3 aromatic rings. The van der Waals surface area contributed by atoms with Gasteiger partial charge in [-0.25, -0.2) is 17.4 Å². The first-order valence-corrected chi connectivity index (χ1v) is 8.69. The lowest BCUT2D eigenvalue weighted by Crippen LogP contribution is -2.12. The van der Waals surface area contributed by atoms with Crippen molar-refractivity contribution in [3.05, 3.63) is 52.8 Å². The number of halogens is 1. The zero-order valence-electron chi connectivity index (χ0n) is 11.9. The highest BCUT2D eigenvalue weighted by Gasteiger charge is 2.22. The van der Waals surface area contributed by atoms with Crippen LogP contribution in [-0.4, -0.2) is 24.5 Å². The van der Waals surface area contributed by atoms with Crippen LogP contribution in [0.1, 0.15) is 5.56 Å². The van der Waals surface area contributed by atoms with Crippen molar-refractivity contribution in [3.63, 3.8) is 0 Å². The molecule has 0 amide bonds. The minimum absolute atomic E-state index is 0.211. The Balaban J connectivity index is 2.27. The standard InChI is InChI=1S/C15H13BrN2O3S/c1-10-3-5-12(6-4-10)22(19,20)18-9-14(21-2)13-7-11(16)8-17-15(13)18/h3-9H,1-2H3. The fourth-order valence-corrected chi connectivity index (χ4v) is 3.84. The molecular formula is C15H13BrN2O3S. The van der Waals surface area contributed by atoms with Crippen molar-refractivity contribution in [1.29, 1.82) is 0 Å². The van der Waals surface area contributed by atoms with Gasteiger partial charge in [-0.1, -0.05) is 17.7 Å². The Labute approximate surface area is 136 Å². The van der Waals surface area contributed by atoms with Gasteiger partial charge in [0.2, 0.25) is 0 Å². The van der Waals surface area contributed by atoms with E-state index in [0.29, 0.717) is 16.8 Å². The number of aryl methyl sites for hydroxylation is 1. The van der Waals surface area contributed by atoms with Crippen molar-refractivity contribution in [2.45, 2.75) is 11.8 Å². The van der Waals surface area contributed by atoms with Crippen molar-refractivity contribution >= 4 is 37.0 Å². The maximum atomic E-state index is 12.8. The van der Waals surface area contributed by atoms with Crippen LogP contribution < -0.4 is 4.74 Å². The van der Waals surface area contributed by atoms with Gasteiger partial charge in [0.25, 0.3) is 10.0 Å². The minimum Gasteiger partial charge on any atom is -0.494 e. The molecule has 3 rings (SSSR count). The van der Waals surface area contributed by atoms with E-state index in [1.165, 1.54) is 13.3 Å². The first kappa shape index (κ1) is 15.1. The van der Waals surface area contributed by atoms with Gasteiger partial charge in [-0.05, 0) is 41.1 Å². The second kappa shape index (κ2) is 5.40. The lowest BCUT2D eigenvalue weighted by Gasteiger charge is -2.07. The molecule has 0 aliphatic rings. The largest absolute Gasteiger partial charge is 0.494 e. The van der Waals surface area contributed by atoms with Crippen LogP contribution in [0.3, 0.4) is 0 Å². The predicted molar refractivity (Wildman–Crippen MR) is 87.7 cm³/mol. The van der Waals surface area contributed by atoms with Gasteiger partial charge in [0.05, 0.1) is 23.6 Å². The summed E-state index contributed by atoms with van der Waals surface area (Å²) in [6.45, 7) is 1.91. The van der Waals surface area contributed by atoms with Crippen LogP contribution in [0.4, 0.5) is 0 Å². The van der Waals surface area contributed by atoms with E-state index in [4.69, 9.17) is 4.74 Å². The normalized spacial score (nSPS) is 11.8. The lowest BCUT2D eigenvalue weighted by molar-refractivity contribution is 0.419. The summed E-state index contributed by atoms with van der Waals surface area (Å²) in [5.41, 5.74) is 1.33. The highest BCUT2D eigenvalue weighted by Crippen LogP contribution is 2.31. The summed E-state index contributed by atoms with van der Waals surface area (Å²) in [5.74, 6) is 0.458. The van der Waals surface area contributed by atoms with Crippen molar-refractivity contribution in [3.8, 4) is 5.75 Å². The minimum atomic E-state index is -3.73. The second-order valence-electron chi connectivity index (χ2n) is 4.84. The van der Waals surface area contributed by atoms with E-state index in [1.807, 2.05) is 6.92 Å². The van der Waals surface area contributed by atoms with Gasteiger partial charge in [0, 0.05) is 10.7 Å². The van der Waals surface area contributed by atoms with Gasteiger partial charge < -0.3 is 4.74 Å². The number of fused-ring (bicyclic) bond motifs is 1. The third kappa shape index (κ3) is 2.40. The SMILES string of the molecule is COc1cn(S(=O)(=O)c2ccc(C)cc2)c2ncc(Br)cc12. The Hall–Kier alpha value is -1.86. The number of hydrogen-bond donors (Lipinski definition) is 0. The molecule has 0 fully saturated rings. The van der Waals surface area contributed by atoms with Gasteiger partial charge in [-0.15, -0.1) is 0 Å². The van der Waals surface area contributed by atoms with E-state index >= 15 is 0 Å². The number of methoxy groups -OCH3 is 1. The molecule has 0 spiro atoms. The molecule has 0 N–H and O–H groups in total. The average Bonchev–Trinajstić information content (AvgIpc) is 2.86. The number of pyridine rings is 1. The monoisotopic (exact) mass is 380 g/mol. The molecule has 2 heterocycles. The topological polar surface area (TPSA) is 61.2 Å². The highest BCUT2D eigenvalue weighted by atomic mass is 79.9. The number of ether oxygens (including phenoxy) is 1. The molecular weight excluding hydrogens is 368 g/mol. The first-order chi connectivity index (χ1) is 10.4. The number of benzene rings is 1. The summed E-state index contributed by atoms with van der Waals surface area (Å²) >= 11 is 3.33. The summed E-state index contributed by atoms with van der Waals surface area (Å²) in [6, 6.07) is 8.48. The molecule has 114 valence electrons. The molecule has 0 aliphatic carbocycles. The third-order valence-electron chi connectivity index (χ3n) is 3.34. The maximum Gasteiger partial charge on any atom is 0.269 e. The van der Waals surface area contributed by atoms with Crippen LogP contribution in [0.25, 0.3) is 11.0 Å². The molecule has 5 nitrogen and oxygen atoms in total. The van der Waals surface area contributed by atoms with E-state index < -0.39 is 10.0 Å². The molecule has 0 radical (unpaired) electrons. The maximum absolute atomic E-state index is 12.8. The summed E-state index contributed by atoms with van der Waals surface area (Å²) in [7, 11) is -2.23. The first-order valence-electron chi connectivity index (χ1n) is 6.46. The van der Waals surface area contributed by atoms with Crippen LogP contribution in [-0.2, 0) is 10.0 Å². The number of aromatic nitrogens is 2. The van der Waals surface area contributed by atoms with Gasteiger partial charge in [0.1, 0.15) is 5.75 Å². The van der Waals surface area contributed by atoms with Gasteiger partial charge in [-0.3, -0.25) is 0 Å². The molecule has 2 aromatic heterocycles. The molecule has 0 bridgehead atoms. The number of hydrogen-bond acceptors (Lipinski definition) is 4. The quantitative estimate of drug-likeness (QED) is 0.698. The summed E-state index contributed by atoms with van der Waals surface area (Å²) in [5, 5.41) is 0.632. The smallest absolute Gasteiger partial charge is 0.269 e. The Morgan fingerprint density at radius 1 is 1.23 bits per heavy atom. The fraction of sp³-hybridized carbons (Fsp3) is 0.133. The van der Waals surface area contributed by atoms with E-state index in [-0.39, 0.29) is 4.90 Å². The molecule has 0 saturated heterocycles. The Morgan fingerprint density at radius 3 is 2.55 bits per heavy atom. The van der Waals surface area contributed by atoms with Crippen molar-refractivity contribution < 1.29 is 13.2 Å². The fourth-order valence-electron chi connectivity index (χ4n) is 2.20. The van der Waals surface area contributed by atoms with Crippen LogP contribution in [0.15, 0.2) is 52.1 Å². The van der Waals surface area contributed by atoms with Gasteiger partial charge in [0.15, 0.2) is 5.65 Å². The van der Waals surface area contributed by atoms with Crippen molar-refractivity contribution in [2.24, 2.45) is 0 Å². The van der Waals surface area contributed by atoms with Crippen LogP contribution in [0, 0.1) is 6.92 Å². The average molecular weight is 381 g/mol. The Kier molecular flexibility index (Phi) is 3.70. The molecule has 7 heteroatoms. The second-order valence-corrected chi connectivity index (χ2v) is 7.57. The molecule has 0 atom stereocenters. The van der Waals surface area contributed by atoms with Crippen molar-refractivity contribution in [2.75, 3.05) is 7.11 Å². The van der Waals surface area contributed by atoms with E-state index in [0.717, 1.165) is 14.0 Å². The van der Waals surface area contributed by atoms with Gasteiger partial charge >= 0.3 is 0 Å². The molecule has 1 aromatic carbocycles. The zero-order chi connectivity index (χ0) is 15.9. The van der Waals surface area contributed by atoms with Gasteiger partial charge in [-0.2, -0.15) is 0 Å². The van der Waals surface area contributed by atoms with Crippen molar-refractivity contribution in [1.82, 2.24) is 8.96 Å². The third-order valence-corrected chi connectivity index (χ3v) is 5.44. The summed E-state index contributed by atoms with van der Waals surface area (Å²) in [6.07, 6.45) is 3.00. The number of rotatable bonds is 3. The number of nitrogens with zero attached hydrogens (tertiary/aromatic N) is 2. The predicted octanol–water partition coefficient (Wildman–Crippen LogP) is 3.35. The zero-order valence-corrected chi connectivity index (χ0v) is 14.3. The van der Waals surface area contributed by atoms with E-state index in [1.54, 1.807) is 36.5 Å². The van der Waals surface area contributed by atoms with Crippen LogP contribution >= 0.6 is 15.9 Å². The Morgan fingerprint density at radius 2 is 1.91 bits per heavy atom. The van der Waals surface area contributed by atoms with E-state index in [2.05, 4.69) is 20.9 Å². The summed E-state index contributed by atoms with van der Waals surface area (Å²) in [4.78, 5) is 4.43.